The summed E-state index contributed by atoms with van der Waals surface area (Å²) in [6, 6.07) is 6.31. The maximum atomic E-state index is 11.6. The first-order valence-corrected chi connectivity index (χ1v) is 6.02. The summed E-state index contributed by atoms with van der Waals surface area (Å²) in [5.41, 5.74) is 6.80. The molecular formula is C13H19N3O3. The number of ether oxygens (including phenoxy) is 1. The molecule has 0 radical (unpaired) electrons. The van der Waals surface area contributed by atoms with Crippen LogP contribution < -0.4 is 16.4 Å². The molecule has 0 saturated heterocycles. The van der Waals surface area contributed by atoms with Crippen molar-refractivity contribution in [1.82, 2.24) is 0 Å². The van der Waals surface area contributed by atoms with E-state index in [1.807, 2.05) is 6.92 Å². The first-order valence-electron chi connectivity index (χ1n) is 6.02. The summed E-state index contributed by atoms with van der Waals surface area (Å²) in [5, 5.41) is 5.34. The van der Waals surface area contributed by atoms with Gasteiger partial charge in [0.1, 0.15) is 6.61 Å². The second kappa shape index (κ2) is 7.50. The summed E-state index contributed by atoms with van der Waals surface area (Å²) in [6.45, 7) is 1.82. The molecule has 19 heavy (non-hydrogen) atoms. The highest BCUT2D eigenvalue weighted by molar-refractivity contribution is 5.96. The summed E-state index contributed by atoms with van der Waals surface area (Å²) in [5.74, 6) is -0.501. The van der Waals surface area contributed by atoms with E-state index in [0.29, 0.717) is 17.8 Å². The lowest BCUT2D eigenvalue weighted by atomic mass is 10.2. The monoisotopic (exact) mass is 265 g/mol. The lowest BCUT2D eigenvalue weighted by Crippen LogP contribution is -2.34. The SMILES string of the molecule is CCC(N)C(=O)Nc1cccc(NC(=O)COC)c1. The average molecular weight is 265 g/mol. The number of carbonyl (C=O) groups is 2. The standard InChI is InChI=1S/C13H19N3O3/c1-3-11(14)13(18)16-10-6-4-5-9(7-10)15-12(17)8-19-2/h4-7,11H,3,8,14H2,1-2H3,(H,15,17)(H,16,18). The minimum atomic E-state index is -0.535. The normalized spacial score (nSPS) is 11.7. The summed E-state index contributed by atoms with van der Waals surface area (Å²) in [7, 11) is 1.45. The number of amides is 2. The van der Waals surface area contributed by atoms with Gasteiger partial charge in [-0.15, -0.1) is 0 Å². The number of benzene rings is 1. The molecule has 1 aromatic rings. The average Bonchev–Trinajstić information content (AvgIpc) is 2.38. The molecule has 2 amide bonds. The van der Waals surface area contributed by atoms with Crippen LogP contribution in [0.4, 0.5) is 11.4 Å². The Labute approximate surface area is 112 Å². The summed E-state index contributed by atoms with van der Waals surface area (Å²) >= 11 is 0. The zero-order valence-corrected chi connectivity index (χ0v) is 11.1. The molecule has 104 valence electrons. The predicted octanol–water partition coefficient (Wildman–Crippen LogP) is 0.947. The highest BCUT2D eigenvalue weighted by Crippen LogP contribution is 2.15. The molecule has 0 saturated carbocycles. The molecule has 4 N–H and O–H groups in total. The van der Waals surface area contributed by atoms with Crippen molar-refractivity contribution >= 4 is 23.2 Å². The molecule has 6 heteroatoms. The molecule has 0 aliphatic heterocycles. The van der Waals surface area contributed by atoms with Gasteiger partial charge < -0.3 is 21.1 Å². The third kappa shape index (κ3) is 5.07. The molecule has 0 fully saturated rings. The molecule has 0 aromatic heterocycles. The molecule has 1 rings (SSSR count). The third-order valence-electron chi connectivity index (χ3n) is 2.47. The van der Waals surface area contributed by atoms with Crippen molar-refractivity contribution in [2.45, 2.75) is 19.4 Å². The first kappa shape index (κ1) is 15.1. The van der Waals surface area contributed by atoms with Crippen molar-refractivity contribution in [2.75, 3.05) is 24.4 Å². The lowest BCUT2D eigenvalue weighted by molar-refractivity contribution is -0.119. The molecular weight excluding hydrogens is 246 g/mol. The van der Waals surface area contributed by atoms with Crippen LogP contribution in [0, 0.1) is 0 Å². The van der Waals surface area contributed by atoms with Crippen LogP contribution in [0.15, 0.2) is 24.3 Å². The van der Waals surface area contributed by atoms with E-state index < -0.39 is 6.04 Å². The summed E-state index contributed by atoms with van der Waals surface area (Å²) < 4.78 is 4.72. The van der Waals surface area contributed by atoms with Crippen LogP contribution in [-0.4, -0.2) is 31.6 Å². The molecule has 6 nitrogen and oxygen atoms in total. The number of methoxy groups -OCH3 is 1. The van der Waals surface area contributed by atoms with Crippen molar-refractivity contribution in [3.63, 3.8) is 0 Å². The second-order valence-electron chi connectivity index (χ2n) is 4.07. The second-order valence-corrected chi connectivity index (χ2v) is 4.07. The molecule has 0 bridgehead atoms. The van der Waals surface area contributed by atoms with Crippen molar-refractivity contribution < 1.29 is 14.3 Å². The predicted molar refractivity (Wildman–Crippen MR) is 73.8 cm³/mol. The Kier molecular flexibility index (Phi) is 5.98. The number of hydrogen-bond donors (Lipinski definition) is 3. The molecule has 0 spiro atoms. The van der Waals surface area contributed by atoms with Gasteiger partial charge in [-0.2, -0.15) is 0 Å². The van der Waals surface area contributed by atoms with E-state index in [-0.39, 0.29) is 18.4 Å². The van der Waals surface area contributed by atoms with E-state index in [1.165, 1.54) is 7.11 Å². The summed E-state index contributed by atoms with van der Waals surface area (Å²) in [6.07, 6.45) is 0.566. The van der Waals surface area contributed by atoms with Gasteiger partial charge >= 0.3 is 0 Å². The topological polar surface area (TPSA) is 93.5 Å². The molecule has 0 heterocycles. The minimum Gasteiger partial charge on any atom is -0.375 e. The molecule has 1 aromatic carbocycles. The van der Waals surface area contributed by atoms with E-state index in [2.05, 4.69) is 10.6 Å². The first-order chi connectivity index (χ1) is 9.06. The number of nitrogens with one attached hydrogen (secondary N) is 2. The summed E-state index contributed by atoms with van der Waals surface area (Å²) in [4.78, 5) is 23.0. The van der Waals surface area contributed by atoms with Crippen LogP contribution in [0.2, 0.25) is 0 Å². The Morgan fingerprint density at radius 1 is 1.32 bits per heavy atom. The Morgan fingerprint density at radius 2 is 1.95 bits per heavy atom. The van der Waals surface area contributed by atoms with Gasteiger partial charge in [-0.3, -0.25) is 9.59 Å². The number of rotatable bonds is 6. The fourth-order valence-electron chi connectivity index (χ4n) is 1.42. The molecule has 0 aliphatic rings. The van der Waals surface area contributed by atoms with E-state index in [1.54, 1.807) is 24.3 Å². The van der Waals surface area contributed by atoms with Crippen molar-refractivity contribution in [2.24, 2.45) is 5.73 Å². The number of hydrogen-bond acceptors (Lipinski definition) is 4. The van der Waals surface area contributed by atoms with Gasteiger partial charge in [0.05, 0.1) is 6.04 Å². The van der Waals surface area contributed by atoms with Crippen LogP contribution in [0.5, 0.6) is 0 Å². The van der Waals surface area contributed by atoms with Crippen LogP contribution in [0.1, 0.15) is 13.3 Å². The molecule has 0 aliphatic carbocycles. The van der Waals surface area contributed by atoms with Crippen LogP contribution in [0.25, 0.3) is 0 Å². The fourth-order valence-corrected chi connectivity index (χ4v) is 1.42. The van der Waals surface area contributed by atoms with Crippen LogP contribution in [-0.2, 0) is 14.3 Å². The van der Waals surface area contributed by atoms with Crippen molar-refractivity contribution in [3.8, 4) is 0 Å². The van der Waals surface area contributed by atoms with Gasteiger partial charge in [0.2, 0.25) is 11.8 Å². The van der Waals surface area contributed by atoms with E-state index in [9.17, 15) is 9.59 Å². The molecule has 1 atom stereocenters. The maximum Gasteiger partial charge on any atom is 0.250 e. The van der Waals surface area contributed by atoms with Gasteiger partial charge in [0.25, 0.3) is 0 Å². The van der Waals surface area contributed by atoms with Gasteiger partial charge in [0, 0.05) is 18.5 Å². The van der Waals surface area contributed by atoms with Gasteiger partial charge in [-0.1, -0.05) is 13.0 Å². The number of nitrogens with two attached hydrogens (primary N) is 1. The number of anilines is 2. The van der Waals surface area contributed by atoms with Gasteiger partial charge in [0.15, 0.2) is 0 Å². The maximum absolute atomic E-state index is 11.6. The third-order valence-corrected chi connectivity index (χ3v) is 2.47. The Bertz CT molecular complexity index is 449. The smallest absolute Gasteiger partial charge is 0.250 e. The Hall–Kier alpha value is -1.92. The number of carbonyl (C=O) groups excluding carboxylic acids is 2. The highest BCUT2D eigenvalue weighted by atomic mass is 16.5. The lowest BCUT2D eigenvalue weighted by Gasteiger charge is -2.11. The van der Waals surface area contributed by atoms with Crippen LogP contribution >= 0.6 is 0 Å². The van der Waals surface area contributed by atoms with Gasteiger partial charge in [-0.25, -0.2) is 0 Å². The van der Waals surface area contributed by atoms with Crippen molar-refractivity contribution in [1.29, 1.82) is 0 Å². The zero-order chi connectivity index (χ0) is 14.3. The zero-order valence-electron chi connectivity index (χ0n) is 11.1. The van der Waals surface area contributed by atoms with E-state index >= 15 is 0 Å². The van der Waals surface area contributed by atoms with Gasteiger partial charge in [-0.05, 0) is 24.6 Å². The Balaban J connectivity index is 2.66. The fraction of sp³-hybridized carbons (Fsp3) is 0.385. The quantitative estimate of drug-likeness (QED) is 0.713. The molecule has 1 unspecified atom stereocenters. The highest BCUT2D eigenvalue weighted by Gasteiger charge is 2.11. The largest absolute Gasteiger partial charge is 0.375 e. The van der Waals surface area contributed by atoms with E-state index in [4.69, 9.17) is 10.5 Å². The van der Waals surface area contributed by atoms with Crippen LogP contribution in [0.3, 0.4) is 0 Å². The minimum absolute atomic E-state index is 0.0166. The van der Waals surface area contributed by atoms with E-state index in [0.717, 1.165) is 0 Å². The van der Waals surface area contributed by atoms with Crippen molar-refractivity contribution in [3.05, 3.63) is 24.3 Å². The Morgan fingerprint density at radius 3 is 2.53 bits per heavy atom.